The summed E-state index contributed by atoms with van der Waals surface area (Å²) in [6.45, 7) is 5.29. The molecule has 0 fully saturated rings. The van der Waals surface area contributed by atoms with Crippen LogP contribution in [0, 0.1) is 0 Å². The van der Waals surface area contributed by atoms with E-state index < -0.39 is 16.1 Å². The Morgan fingerprint density at radius 3 is 2.74 bits per heavy atom. The molecular weight excluding hydrogens is 268 g/mol. The maximum atomic E-state index is 11.9. The molecule has 1 unspecified atom stereocenters. The highest BCUT2D eigenvalue weighted by molar-refractivity contribution is 7.89. The SMILES string of the molecule is CCNCc1ccc(S(=O)(=O)NCCC(O)CC)o1. The highest BCUT2D eigenvalue weighted by Crippen LogP contribution is 2.13. The number of aliphatic hydroxyl groups excluding tert-OH is 1. The Kier molecular flexibility index (Phi) is 6.50. The van der Waals surface area contributed by atoms with E-state index in [-0.39, 0.29) is 11.6 Å². The van der Waals surface area contributed by atoms with Crippen LogP contribution in [0.25, 0.3) is 0 Å². The minimum Gasteiger partial charge on any atom is -0.447 e. The molecule has 0 aliphatic heterocycles. The lowest BCUT2D eigenvalue weighted by Crippen LogP contribution is -2.27. The molecule has 1 heterocycles. The van der Waals surface area contributed by atoms with Crippen LogP contribution in [0.3, 0.4) is 0 Å². The highest BCUT2D eigenvalue weighted by atomic mass is 32.2. The molecule has 1 aromatic heterocycles. The molecule has 1 aromatic rings. The second kappa shape index (κ2) is 7.64. The average Bonchev–Trinajstić information content (AvgIpc) is 2.85. The maximum Gasteiger partial charge on any atom is 0.273 e. The van der Waals surface area contributed by atoms with Crippen molar-refractivity contribution in [3.05, 3.63) is 17.9 Å². The molecule has 0 amide bonds. The first-order valence-electron chi connectivity index (χ1n) is 6.46. The largest absolute Gasteiger partial charge is 0.447 e. The first-order valence-corrected chi connectivity index (χ1v) is 7.95. The van der Waals surface area contributed by atoms with Crippen LogP contribution in [-0.2, 0) is 16.6 Å². The molecule has 7 heteroatoms. The van der Waals surface area contributed by atoms with Gasteiger partial charge >= 0.3 is 0 Å². The summed E-state index contributed by atoms with van der Waals surface area (Å²) in [6.07, 6.45) is 0.513. The van der Waals surface area contributed by atoms with Gasteiger partial charge in [0.05, 0.1) is 12.6 Å². The summed E-state index contributed by atoms with van der Waals surface area (Å²) in [5.41, 5.74) is 0. The molecule has 1 atom stereocenters. The lowest BCUT2D eigenvalue weighted by Gasteiger charge is -2.08. The monoisotopic (exact) mass is 290 g/mol. The van der Waals surface area contributed by atoms with Crippen LogP contribution < -0.4 is 10.0 Å². The third kappa shape index (κ3) is 5.32. The third-order valence-electron chi connectivity index (χ3n) is 2.69. The summed E-state index contributed by atoms with van der Waals surface area (Å²) < 4.78 is 31.4. The van der Waals surface area contributed by atoms with Crippen molar-refractivity contribution in [2.24, 2.45) is 0 Å². The molecule has 0 aromatic carbocycles. The van der Waals surface area contributed by atoms with Gasteiger partial charge in [-0.3, -0.25) is 0 Å². The second-order valence-corrected chi connectivity index (χ2v) is 5.95. The van der Waals surface area contributed by atoms with Gasteiger partial charge in [-0.05, 0) is 31.5 Å². The number of aliphatic hydroxyl groups is 1. The molecule has 0 saturated heterocycles. The summed E-state index contributed by atoms with van der Waals surface area (Å²) in [4.78, 5) is 0. The van der Waals surface area contributed by atoms with Gasteiger partial charge in [0.1, 0.15) is 5.76 Å². The van der Waals surface area contributed by atoms with E-state index in [0.29, 0.717) is 25.1 Å². The lowest BCUT2D eigenvalue weighted by atomic mass is 10.2. The van der Waals surface area contributed by atoms with E-state index in [2.05, 4.69) is 10.0 Å². The first kappa shape index (κ1) is 16.2. The van der Waals surface area contributed by atoms with Gasteiger partial charge in [-0.1, -0.05) is 13.8 Å². The van der Waals surface area contributed by atoms with Gasteiger partial charge in [0, 0.05) is 6.54 Å². The van der Waals surface area contributed by atoms with E-state index in [1.807, 2.05) is 13.8 Å². The maximum absolute atomic E-state index is 11.9. The molecule has 3 N–H and O–H groups in total. The zero-order valence-electron chi connectivity index (χ0n) is 11.3. The predicted octanol–water partition coefficient (Wildman–Crippen LogP) is 0.828. The van der Waals surface area contributed by atoms with Gasteiger partial charge in [0.2, 0.25) is 5.09 Å². The van der Waals surface area contributed by atoms with Crippen LogP contribution in [0.2, 0.25) is 0 Å². The van der Waals surface area contributed by atoms with Crippen molar-refractivity contribution in [2.45, 2.75) is 44.4 Å². The van der Waals surface area contributed by atoms with Gasteiger partial charge in [-0.15, -0.1) is 0 Å². The summed E-state index contributed by atoms with van der Waals surface area (Å²) in [7, 11) is -3.62. The molecule has 110 valence electrons. The van der Waals surface area contributed by atoms with E-state index in [1.54, 1.807) is 6.07 Å². The molecule has 19 heavy (non-hydrogen) atoms. The molecule has 0 radical (unpaired) electrons. The van der Waals surface area contributed by atoms with Gasteiger partial charge < -0.3 is 14.8 Å². The molecule has 1 rings (SSSR count). The summed E-state index contributed by atoms with van der Waals surface area (Å²) in [5.74, 6) is 0.579. The van der Waals surface area contributed by atoms with E-state index in [4.69, 9.17) is 4.42 Å². The minimum absolute atomic E-state index is 0.0913. The Morgan fingerprint density at radius 2 is 2.11 bits per heavy atom. The van der Waals surface area contributed by atoms with Crippen LogP contribution in [-0.4, -0.2) is 32.7 Å². The van der Waals surface area contributed by atoms with Crippen LogP contribution in [0.1, 0.15) is 32.4 Å². The molecule has 0 spiro atoms. The molecule has 6 nitrogen and oxygen atoms in total. The van der Waals surface area contributed by atoms with E-state index in [1.165, 1.54) is 6.07 Å². The smallest absolute Gasteiger partial charge is 0.273 e. The molecule has 0 aliphatic carbocycles. The number of furan rings is 1. The average molecular weight is 290 g/mol. The Morgan fingerprint density at radius 1 is 1.37 bits per heavy atom. The Bertz CT molecular complexity index is 470. The van der Waals surface area contributed by atoms with E-state index in [9.17, 15) is 13.5 Å². The topological polar surface area (TPSA) is 91.6 Å². The fraction of sp³-hybridized carbons (Fsp3) is 0.667. The van der Waals surface area contributed by atoms with Crippen LogP contribution in [0.15, 0.2) is 21.6 Å². The standard InChI is InChI=1S/C12H22N2O4S/c1-3-10(15)7-8-14-19(16,17)12-6-5-11(18-12)9-13-4-2/h5-6,10,13-15H,3-4,7-9H2,1-2H3. The fourth-order valence-electron chi connectivity index (χ4n) is 1.48. The number of hydrogen-bond donors (Lipinski definition) is 3. The first-order chi connectivity index (χ1) is 8.99. The van der Waals surface area contributed by atoms with Crippen molar-refractivity contribution in [3.63, 3.8) is 0 Å². The quantitative estimate of drug-likeness (QED) is 0.626. The van der Waals surface area contributed by atoms with Crippen LogP contribution >= 0.6 is 0 Å². The zero-order valence-corrected chi connectivity index (χ0v) is 12.2. The van der Waals surface area contributed by atoms with Gasteiger partial charge in [0.25, 0.3) is 10.0 Å². The van der Waals surface area contributed by atoms with Gasteiger partial charge in [-0.25, -0.2) is 13.1 Å². The van der Waals surface area contributed by atoms with Crippen molar-refractivity contribution in [1.29, 1.82) is 0 Å². The second-order valence-electron chi connectivity index (χ2n) is 4.25. The number of rotatable bonds is 9. The van der Waals surface area contributed by atoms with Crippen molar-refractivity contribution < 1.29 is 17.9 Å². The summed E-state index contributed by atoms with van der Waals surface area (Å²) in [6, 6.07) is 3.07. The minimum atomic E-state index is -3.62. The Balaban J connectivity index is 2.54. The lowest BCUT2D eigenvalue weighted by molar-refractivity contribution is 0.162. The van der Waals surface area contributed by atoms with Gasteiger partial charge in [-0.2, -0.15) is 0 Å². The summed E-state index contributed by atoms with van der Waals surface area (Å²) >= 11 is 0. The van der Waals surface area contributed by atoms with Crippen LogP contribution in [0.5, 0.6) is 0 Å². The number of sulfonamides is 1. The normalized spacial score (nSPS) is 13.6. The predicted molar refractivity (Wildman–Crippen MR) is 72.2 cm³/mol. The molecule has 0 aliphatic rings. The highest BCUT2D eigenvalue weighted by Gasteiger charge is 2.18. The van der Waals surface area contributed by atoms with Crippen molar-refractivity contribution in [1.82, 2.24) is 10.0 Å². The van der Waals surface area contributed by atoms with Gasteiger partial charge in [0.15, 0.2) is 0 Å². The van der Waals surface area contributed by atoms with E-state index in [0.717, 1.165) is 6.54 Å². The zero-order chi connectivity index (χ0) is 14.3. The molecular formula is C12H22N2O4S. The van der Waals surface area contributed by atoms with Crippen molar-refractivity contribution in [2.75, 3.05) is 13.1 Å². The molecule has 0 bridgehead atoms. The van der Waals surface area contributed by atoms with Crippen LogP contribution in [0.4, 0.5) is 0 Å². The Labute approximate surface area is 114 Å². The van der Waals surface area contributed by atoms with Crippen molar-refractivity contribution >= 4 is 10.0 Å². The number of hydrogen-bond acceptors (Lipinski definition) is 5. The fourth-order valence-corrected chi connectivity index (χ4v) is 2.47. The Hall–Kier alpha value is -0.890. The summed E-state index contributed by atoms with van der Waals surface area (Å²) in [5, 5.41) is 12.3. The third-order valence-corrected chi connectivity index (χ3v) is 4.03. The molecule has 0 saturated carbocycles. The number of nitrogens with one attached hydrogen (secondary N) is 2. The van der Waals surface area contributed by atoms with Crippen molar-refractivity contribution in [3.8, 4) is 0 Å². The van der Waals surface area contributed by atoms with E-state index >= 15 is 0 Å².